The van der Waals surface area contributed by atoms with E-state index in [0.29, 0.717) is 11.6 Å². The maximum Gasteiger partial charge on any atom is 0.197 e. The van der Waals surface area contributed by atoms with Gasteiger partial charge in [-0.1, -0.05) is 31.8 Å². The molecular weight excluding hydrogens is 504 g/mol. The van der Waals surface area contributed by atoms with E-state index in [1.54, 1.807) is 12.3 Å². The van der Waals surface area contributed by atoms with Crippen molar-refractivity contribution in [3.63, 3.8) is 0 Å². The van der Waals surface area contributed by atoms with Gasteiger partial charge in [0, 0.05) is 12.1 Å². The standard InChI is InChI=1S/C28H27F2N7O2/c1-27(2)18-8-10-28(27,22-9-11-31-25(34-22)26-32-15-33-37(26)13-17(39)14-38)23-7-6-16(18)12-21(35-36-23)24-19(29)4-3-5-20(24)30/h3-5,9,11-12,15-18,23,38-39H,8,10,13-14H2,1-2H3/b21-12-,36-35?/t16?,17-,18+,23?,28+/m1/s1. The Morgan fingerprint density at radius 2 is 1.95 bits per heavy atom. The van der Waals surface area contributed by atoms with Crippen molar-refractivity contribution in [1.82, 2.24) is 24.7 Å². The number of fused-ring (bicyclic) bond motifs is 6. The summed E-state index contributed by atoms with van der Waals surface area (Å²) in [6, 6.07) is 4.99. The normalized spacial score (nSPS) is 28.6. The van der Waals surface area contributed by atoms with Gasteiger partial charge in [0.05, 0.1) is 41.6 Å². The molecule has 3 aliphatic rings. The molecule has 5 atom stereocenters. The lowest BCUT2D eigenvalue weighted by Gasteiger charge is -2.45. The summed E-state index contributed by atoms with van der Waals surface area (Å²) in [7, 11) is 0. The molecule has 1 aromatic carbocycles. The molecule has 2 N–H and O–H groups in total. The number of hydrogen-bond donors (Lipinski definition) is 2. The van der Waals surface area contributed by atoms with Crippen LogP contribution in [0.1, 0.15) is 37.9 Å². The van der Waals surface area contributed by atoms with Crippen molar-refractivity contribution in [2.45, 2.75) is 50.8 Å². The average molecular weight is 532 g/mol. The van der Waals surface area contributed by atoms with Crippen LogP contribution in [0, 0.1) is 40.7 Å². The van der Waals surface area contributed by atoms with Crippen LogP contribution in [0.25, 0.3) is 17.3 Å². The molecule has 1 saturated carbocycles. The number of halogens is 2. The second-order valence-corrected chi connectivity index (χ2v) is 10.8. The van der Waals surface area contributed by atoms with Gasteiger partial charge in [0.25, 0.3) is 0 Å². The van der Waals surface area contributed by atoms with Gasteiger partial charge in [-0.2, -0.15) is 15.3 Å². The lowest BCUT2D eigenvalue weighted by Crippen LogP contribution is -2.48. The predicted octanol–water partition coefficient (Wildman–Crippen LogP) is 3.55. The maximum absolute atomic E-state index is 14.7. The van der Waals surface area contributed by atoms with Crippen molar-refractivity contribution in [2.75, 3.05) is 6.61 Å². The average Bonchev–Trinajstić information content (AvgIpc) is 3.45. The summed E-state index contributed by atoms with van der Waals surface area (Å²) < 4.78 is 30.9. The second kappa shape index (κ2) is 9.39. The minimum Gasteiger partial charge on any atom is -0.394 e. The molecule has 1 fully saturated rings. The minimum atomic E-state index is -1.01. The first kappa shape index (κ1) is 25.4. The van der Waals surface area contributed by atoms with Crippen LogP contribution in [0.5, 0.6) is 0 Å². The molecule has 2 unspecified atom stereocenters. The highest BCUT2D eigenvalue weighted by molar-refractivity contribution is 5.66. The summed E-state index contributed by atoms with van der Waals surface area (Å²) in [5.41, 5.74) is -0.382. The molecule has 0 spiro atoms. The number of rotatable bonds is 6. The van der Waals surface area contributed by atoms with E-state index >= 15 is 0 Å². The van der Waals surface area contributed by atoms with Gasteiger partial charge in [0.1, 0.15) is 24.0 Å². The van der Waals surface area contributed by atoms with Crippen LogP contribution in [0.15, 0.2) is 53.1 Å². The number of nitrogens with zero attached hydrogens (tertiary/aromatic N) is 7. The van der Waals surface area contributed by atoms with Gasteiger partial charge >= 0.3 is 0 Å². The zero-order valence-corrected chi connectivity index (χ0v) is 21.5. The second-order valence-electron chi connectivity index (χ2n) is 10.8. The highest BCUT2D eigenvalue weighted by atomic mass is 19.1. The van der Waals surface area contributed by atoms with Gasteiger partial charge in [-0.05, 0) is 48.4 Å². The summed E-state index contributed by atoms with van der Waals surface area (Å²) in [5.74, 6) is 5.71. The largest absolute Gasteiger partial charge is 0.394 e. The molecule has 4 bridgehead atoms. The van der Waals surface area contributed by atoms with E-state index in [1.165, 1.54) is 29.2 Å². The molecule has 0 amide bonds. The summed E-state index contributed by atoms with van der Waals surface area (Å²) in [6.45, 7) is 3.94. The lowest BCUT2D eigenvalue weighted by atomic mass is 9.59. The quantitative estimate of drug-likeness (QED) is 0.469. The molecule has 2 aromatic heterocycles. The maximum atomic E-state index is 14.7. The van der Waals surface area contributed by atoms with Crippen molar-refractivity contribution in [2.24, 2.45) is 27.5 Å². The highest BCUT2D eigenvalue weighted by Crippen LogP contribution is 2.63. The summed E-state index contributed by atoms with van der Waals surface area (Å²) in [6.07, 6.45) is 5.30. The van der Waals surface area contributed by atoms with Crippen molar-refractivity contribution >= 4 is 5.70 Å². The minimum absolute atomic E-state index is 0.0309. The summed E-state index contributed by atoms with van der Waals surface area (Å²) in [5, 5.41) is 32.4. The van der Waals surface area contributed by atoms with Crippen molar-refractivity contribution in [3.8, 4) is 23.5 Å². The number of benzene rings is 1. The van der Waals surface area contributed by atoms with Crippen LogP contribution in [0.4, 0.5) is 8.78 Å². The van der Waals surface area contributed by atoms with Gasteiger partial charge in [-0.15, -0.1) is 0 Å². The van der Waals surface area contributed by atoms with Gasteiger partial charge in [-0.3, -0.25) is 0 Å². The molecule has 2 aliphatic carbocycles. The molecular formula is C28H27F2N7O2. The predicted molar refractivity (Wildman–Crippen MR) is 137 cm³/mol. The van der Waals surface area contributed by atoms with E-state index in [2.05, 4.69) is 51.0 Å². The third-order valence-corrected chi connectivity index (χ3v) is 8.57. The van der Waals surface area contributed by atoms with Crippen LogP contribution in [0.2, 0.25) is 0 Å². The van der Waals surface area contributed by atoms with Crippen molar-refractivity contribution < 1.29 is 19.0 Å². The Labute approximate surface area is 223 Å². The Balaban J connectivity index is 1.47. The fourth-order valence-corrected chi connectivity index (χ4v) is 6.54. The number of allylic oxidation sites excluding steroid dienone is 1. The van der Waals surface area contributed by atoms with Crippen molar-refractivity contribution in [1.29, 1.82) is 0 Å². The zero-order valence-electron chi connectivity index (χ0n) is 21.5. The number of hydrogen-bond acceptors (Lipinski definition) is 8. The number of aromatic nitrogens is 5. The van der Waals surface area contributed by atoms with E-state index in [9.17, 15) is 19.0 Å². The van der Waals surface area contributed by atoms with E-state index in [4.69, 9.17) is 4.98 Å². The Morgan fingerprint density at radius 1 is 1.15 bits per heavy atom. The molecule has 200 valence electrons. The third-order valence-electron chi connectivity index (χ3n) is 8.57. The first-order valence-electron chi connectivity index (χ1n) is 12.8. The van der Waals surface area contributed by atoms with Crippen molar-refractivity contribution in [3.05, 3.63) is 65.8 Å². The van der Waals surface area contributed by atoms with E-state index in [1.807, 2.05) is 6.07 Å². The monoisotopic (exact) mass is 531 g/mol. The SMILES string of the molecule is CC1(C)[C@H]2CC[C@]1(c1ccnc(-c3ncnn3C[C@@H](O)CO)n1)C1C#CC2/C=C(/c2c(F)cccc2F)N=N1. The lowest BCUT2D eigenvalue weighted by molar-refractivity contribution is 0.0786. The van der Waals surface area contributed by atoms with E-state index in [-0.39, 0.29) is 35.1 Å². The Bertz CT molecular complexity index is 1540. The fourth-order valence-electron chi connectivity index (χ4n) is 6.54. The molecule has 3 aromatic rings. The molecule has 1 aliphatic heterocycles. The Hall–Kier alpha value is -3.88. The molecule has 0 saturated heterocycles. The van der Waals surface area contributed by atoms with Gasteiger partial charge in [-0.25, -0.2) is 28.4 Å². The van der Waals surface area contributed by atoms with Gasteiger partial charge in [0.15, 0.2) is 11.6 Å². The van der Waals surface area contributed by atoms with Gasteiger partial charge in [0.2, 0.25) is 0 Å². The molecule has 0 radical (unpaired) electrons. The van der Waals surface area contributed by atoms with E-state index in [0.717, 1.165) is 18.5 Å². The molecule has 39 heavy (non-hydrogen) atoms. The first-order chi connectivity index (χ1) is 18.8. The van der Waals surface area contributed by atoms with Crippen LogP contribution in [-0.2, 0) is 12.0 Å². The molecule has 9 nitrogen and oxygen atoms in total. The van der Waals surface area contributed by atoms with Crippen LogP contribution in [-0.4, -0.2) is 53.7 Å². The van der Waals surface area contributed by atoms with Gasteiger partial charge < -0.3 is 10.2 Å². The fraction of sp³-hybridized carbons (Fsp3) is 0.429. The Morgan fingerprint density at radius 3 is 2.72 bits per heavy atom. The smallest absolute Gasteiger partial charge is 0.197 e. The first-order valence-corrected chi connectivity index (χ1v) is 12.8. The molecule has 3 heterocycles. The third kappa shape index (κ3) is 3.89. The van der Waals surface area contributed by atoms with Crippen LogP contribution < -0.4 is 0 Å². The molecule has 11 heteroatoms. The molecule has 6 rings (SSSR count). The number of azo groups is 1. The summed E-state index contributed by atoms with van der Waals surface area (Å²) >= 11 is 0. The highest BCUT2D eigenvalue weighted by Gasteiger charge is 2.62. The number of aliphatic hydroxyl groups excluding tert-OH is 2. The summed E-state index contributed by atoms with van der Waals surface area (Å²) in [4.78, 5) is 13.7. The Kier molecular flexibility index (Phi) is 6.12. The van der Waals surface area contributed by atoms with E-state index < -0.39 is 35.8 Å². The zero-order chi connectivity index (χ0) is 27.4. The van der Waals surface area contributed by atoms with Crippen LogP contribution in [0.3, 0.4) is 0 Å². The number of aliphatic hydroxyl groups is 2. The topological polar surface area (TPSA) is 122 Å². The van der Waals surface area contributed by atoms with Crippen LogP contribution >= 0.6 is 0 Å².